The summed E-state index contributed by atoms with van der Waals surface area (Å²) in [7, 11) is 0. The van der Waals surface area contributed by atoms with E-state index in [0.717, 1.165) is 11.1 Å². The lowest BCUT2D eigenvalue weighted by molar-refractivity contribution is -0.401. The number of nitro groups is 1. The Morgan fingerprint density at radius 1 is 1.26 bits per heavy atom. The van der Waals surface area contributed by atoms with Crippen LogP contribution >= 0.6 is 11.8 Å². The Morgan fingerprint density at radius 2 is 2.04 bits per heavy atom. The number of hydrogen-bond acceptors (Lipinski definition) is 7. The summed E-state index contributed by atoms with van der Waals surface area (Å²) in [6.07, 6.45) is 1.55. The summed E-state index contributed by atoms with van der Waals surface area (Å²) in [5.41, 5.74) is 1.52. The van der Waals surface area contributed by atoms with Gasteiger partial charge < -0.3 is 9.73 Å². The zero-order chi connectivity index (χ0) is 16.2. The van der Waals surface area contributed by atoms with E-state index < -0.39 is 4.92 Å². The van der Waals surface area contributed by atoms with E-state index in [4.69, 9.17) is 4.42 Å². The topological polar surface area (TPSA) is 110 Å². The summed E-state index contributed by atoms with van der Waals surface area (Å²) in [5.74, 6) is 0.405. The van der Waals surface area contributed by atoms with Gasteiger partial charge in [-0.25, -0.2) is 0 Å². The molecule has 1 aromatic heterocycles. The fourth-order valence-electron chi connectivity index (χ4n) is 1.84. The number of carbonyl (C=O) groups excluding carboxylic acids is 1. The maximum atomic E-state index is 11.0. The average molecular weight is 330 g/mol. The number of benzene rings is 1. The average Bonchev–Trinajstić information content (AvgIpc) is 3.17. The molecule has 1 saturated heterocycles. The lowest BCUT2D eigenvalue weighted by Crippen LogP contribution is -2.19. The van der Waals surface area contributed by atoms with Gasteiger partial charge in [0.15, 0.2) is 5.17 Å². The van der Waals surface area contributed by atoms with Gasteiger partial charge in [0, 0.05) is 5.56 Å². The van der Waals surface area contributed by atoms with Crippen molar-refractivity contribution < 1.29 is 14.1 Å². The predicted molar refractivity (Wildman–Crippen MR) is 86.4 cm³/mol. The summed E-state index contributed by atoms with van der Waals surface area (Å²) in [6, 6.07) is 9.97. The maximum Gasteiger partial charge on any atom is 0.433 e. The van der Waals surface area contributed by atoms with Gasteiger partial charge in [-0.15, -0.1) is 5.10 Å². The summed E-state index contributed by atoms with van der Waals surface area (Å²) in [6.45, 7) is 0. The number of amides is 1. The van der Waals surface area contributed by atoms with E-state index in [0.29, 0.717) is 16.7 Å². The number of amidine groups is 1. The van der Waals surface area contributed by atoms with Crippen LogP contribution in [0.15, 0.2) is 51.0 Å². The van der Waals surface area contributed by atoms with E-state index in [1.165, 1.54) is 17.8 Å². The molecule has 0 aliphatic carbocycles. The van der Waals surface area contributed by atoms with E-state index in [9.17, 15) is 14.9 Å². The molecule has 1 aliphatic heterocycles. The van der Waals surface area contributed by atoms with Crippen LogP contribution in [0.25, 0.3) is 11.3 Å². The normalized spacial score (nSPS) is 16.2. The Kier molecular flexibility index (Phi) is 4.20. The molecule has 2 aromatic rings. The molecule has 0 radical (unpaired) electrons. The zero-order valence-electron chi connectivity index (χ0n) is 11.6. The number of nitrogens with one attached hydrogen (secondary N) is 1. The third-order valence-corrected chi connectivity index (χ3v) is 3.77. The van der Waals surface area contributed by atoms with Gasteiger partial charge in [0.05, 0.1) is 18.0 Å². The second-order valence-electron chi connectivity index (χ2n) is 4.50. The van der Waals surface area contributed by atoms with Crippen LogP contribution in [-0.2, 0) is 4.79 Å². The van der Waals surface area contributed by atoms with Crippen molar-refractivity contribution in [3.8, 4) is 11.3 Å². The first-order valence-electron chi connectivity index (χ1n) is 6.50. The van der Waals surface area contributed by atoms with Crippen LogP contribution in [0.2, 0.25) is 0 Å². The maximum absolute atomic E-state index is 11.0. The van der Waals surface area contributed by atoms with Crippen LogP contribution in [0, 0.1) is 10.1 Å². The minimum absolute atomic E-state index is 0.0826. The molecule has 0 atom stereocenters. The first-order chi connectivity index (χ1) is 11.1. The number of hydrogen-bond donors (Lipinski definition) is 1. The molecular formula is C14H10N4O4S. The Hall–Kier alpha value is -2.94. The van der Waals surface area contributed by atoms with E-state index in [1.54, 1.807) is 36.5 Å². The summed E-state index contributed by atoms with van der Waals surface area (Å²) >= 11 is 1.30. The Balaban J connectivity index is 1.69. The second kappa shape index (κ2) is 6.44. The van der Waals surface area contributed by atoms with Gasteiger partial charge in [0.2, 0.25) is 5.91 Å². The highest BCUT2D eigenvalue weighted by Gasteiger charge is 2.16. The monoisotopic (exact) mass is 330 g/mol. The molecule has 2 heterocycles. The zero-order valence-corrected chi connectivity index (χ0v) is 12.4. The number of nitrogens with zero attached hydrogens (tertiary/aromatic N) is 3. The van der Waals surface area contributed by atoms with E-state index in [-0.39, 0.29) is 11.8 Å². The Bertz CT molecular complexity index is 810. The molecule has 116 valence electrons. The Labute approximate surface area is 134 Å². The number of thioether (sulfide) groups is 1. The predicted octanol–water partition coefficient (Wildman–Crippen LogP) is 2.41. The van der Waals surface area contributed by atoms with Crippen molar-refractivity contribution in [1.82, 2.24) is 5.32 Å². The van der Waals surface area contributed by atoms with Gasteiger partial charge in [-0.2, -0.15) is 5.10 Å². The smallest absolute Gasteiger partial charge is 0.401 e. The molecule has 1 amide bonds. The first-order valence-corrected chi connectivity index (χ1v) is 7.49. The van der Waals surface area contributed by atoms with Crippen molar-refractivity contribution >= 4 is 34.9 Å². The molecule has 1 fully saturated rings. The van der Waals surface area contributed by atoms with E-state index in [1.807, 2.05) is 0 Å². The van der Waals surface area contributed by atoms with Gasteiger partial charge in [-0.1, -0.05) is 36.0 Å². The fourth-order valence-corrected chi connectivity index (χ4v) is 2.47. The van der Waals surface area contributed by atoms with Gasteiger partial charge in [0.1, 0.15) is 10.7 Å². The highest BCUT2D eigenvalue weighted by atomic mass is 32.2. The van der Waals surface area contributed by atoms with Crippen molar-refractivity contribution in [2.75, 3.05) is 5.75 Å². The van der Waals surface area contributed by atoms with E-state index >= 15 is 0 Å². The minimum atomic E-state index is -0.580. The fraction of sp³-hybridized carbons (Fsp3) is 0.0714. The van der Waals surface area contributed by atoms with Crippen molar-refractivity contribution in [1.29, 1.82) is 0 Å². The molecular weight excluding hydrogens is 320 g/mol. The minimum Gasteiger partial charge on any atom is -0.401 e. The highest BCUT2D eigenvalue weighted by molar-refractivity contribution is 8.15. The number of carbonyl (C=O) groups is 1. The third-order valence-electron chi connectivity index (χ3n) is 2.91. The lowest BCUT2D eigenvalue weighted by Gasteiger charge is -1.97. The van der Waals surface area contributed by atoms with Gasteiger partial charge in [-0.3, -0.25) is 14.9 Å². The first kappa shape index (κ1) is 15.0. The summed E-state index contributed by atoms with van der Waals surface area (Å²) in [5, 5.41) is 21.5. The number of furan rings is 1. The van der Waals surface area contributed by atoms with Crippen molar-refractivity contribution in [3.63, 3.8) is 0 Å². The molecule has 8 nitrogen and oxygen atoms in total. The molecule has 1 N–H and O–H groups in total. The molecule has 0 unspecified atom stereocenters. The van der Waals surface area contributed by atoms with Crippen molar-refractivity contribution in [2.45, 2.75) is 0 Å². The van der Waals surface area contributed by atoms with Gasteiger partial charge in [-0.05, 0) is 11.6 Å². The quantitative estimate of drug-likeness (QED) is 0.526. The van der Waals surface area contributed by atoms with Crippen LogP contribution in [-0.4, -0.2) is 28.0 Å². The molecule has 3 rings (SSSR count). The SMILES string of the molecule is O=C1CSC(=N/N=C\c2ccc(-c3ccc([N+](=O)[O-])o3)cc2)N1. The van der Waals surface area contributed by atoms with Crippen LogP contribution in [0.3, 0.4) is 0 Å². The van der Waals surface area contributed by atoms with Gasteiger partial charge >= 0.3 is 5.88 Å². The molecule has 0 saturated carbocycles. The van der Waals surface area contributed by atoms with Crippen molar-refractivity contribution in [3.05, 3.63) is 52.1 Å². The summed E-state index contributed by atoms with van der Waals surface area (Å²) in [4.78, 5) is 21.0. The van der Waals surface area contributed by atoms with Gasteiger partial charge in [0.25, 0.3) is 0 Å². The van der Waals surface area contributed by atoms with Crippen molar-refractivity contribution in [2.24, 2.45) is 10.2 Å². The van der Waals surface area contributed by atoms with Crippen LogP contribution < -0.4 is 5.32 Å². The van der Waals surface area contributed by atoms with Crippen LogP contribution in [0.4, 0.5) is 5.88 Å². The largest absolute Gasteiger partial charge is 0.433 e. The van der Waals surface area contributed by atoms with E-state index in [2.05, 4.69) is 15.5 Å². The molecule has 9 heteroatoms. The highest BCUT2D eigenvalue weighted by Crippen LogP contribution is 2.25. The molecule has 1 aliphatic rings. The summed E-state index contributed by atoms with van der Waals surface area (Å²) < 4.78 is 5.13. The van der Waals surface area contributed by atoms with Crippen LogP contribution in [0.1, 0.15) is 5.56 Å². The van der Waals surface area contributed by atoms with Crippen LogP contribution in [0.5, 0.6) is 0 Å². The standard InChI is InChI=1S/C14H10N4O4S/c19-12-8-23-14(16-12)17-15-7-9-1-3-10(4-2-9)11-5-6-13(22-11)18(20)21/h1-7H,8H2,(H,16,17,19)/b15-7-. The molecule has 0 bridgehead atoms. The number of rotatable bonds is 4. The molecule has 1 aromatic carbocycles. The molecule has 23 heavy (non-hydrogen) atoms. The lowest BCUT2D eigenvalue weighted by atomic mass is 10.1. The molecule has 0 spiro atoms. The Morgan fingerprint density at radius 3 is 2.65 bits per heavy atom. The third kappa shape index (κ3) is 3.64. The second-order valence-corrected chi connectivity index (χ2v) is 5.47.